The summed E-state index contributed by atoms with van der Waals surface area (Å²) in [6, 6.07) is 9.45. The molecule has 0 amide bonds. The summed E-state index contributed by atoms with van der Waals surface area (Å²) in [4.78, 5) is 11.2. The van der Waals surface area contributed by atoms with Crippen LogP contribution in [-0.2, 0) is 4.79 Å². The van der Waals surface area contributed by atoms with Crippen LogP contribution in [0.3, 0.4) is 0 Å². The fourth-order valence-corrected chi connectivity index (χ4v) is 2.93. The number of rotatable bonds is 3. The van der Waals surface area contributed by atoms with E-state index in [-0.39, 0.29) is 16.3 Å². The normalized spacial score (nSPS) is 16.3. The zero-order valence-electron chi connectivity index (χ0n) is 13.3. The van der Waals surface area contributed by atoms with Gasteiger partial charge in [0.2, 0.25) is 6.10 Å². The molecule has 0 spiro atoms. The number of carboxylic acid groups (broad SMARTS) is 1. The third-order valence-corrected chi connectivity index (χ3v) is 4.05. The number of halogens is 4. The van der Waals surface area contributed by atoms with E-state index in [1.54, 1.807) is 24.3 Å². The summed E-state index contributed by atoms with van der Waals surface area (Å²) in [6.07, 6.45) is -6.51. The van der Waals surface area contributed by atoms with Gasteiger partial charge in [0.1, 0.15) is 11.5 Å². The first-order valence-electron chi connectivity index (χ1n) is 7.37. The molecule has 1 aliphatic heterocycles. The van der Waals surface area contributed by atoms with Crippen molar-refractivity contribution in [1.82, 2.24) is 0 Å². The Morgan fingerprint density at radius 3 is 2.62 bits per heavy atom. The first-order valence-corrected chi connectivity index (χ1v) is 7.74. The molecular formula is C18H12ClF3O4. The smallest absolute Gasteiger partial charge is 0.430 e. The number of hydrogen-bond donors (Lipinski definition) is 1. The molecule has 0 fully saturated rings. The number of aliphatic carboxylic acids is 1. The van der Waals surface area contributed by atoms with Crippen LogP contribution in [0.5, 0.6) is 11.5 Å². The first kappa shape index (κ1) is 18.1. The van der Waals surface area contributed by atoms with Gasteiger partial charge in [-0.2, -0.15) is 13.2 Å². The van der Waals surface area contributed by atoms with E-state index in [1.165, 1.54) is 19.2 Å². The maximum atomic E-state index is 13.3. The lowest BCUT2D eigenvalue weighted by Gasteiger charge is -2.28. The van der Waals surface area contributed by atoms with Crippen molar-refractivity contribution in [2.24, 2.45) is 0 Å². The molecule has 0 aromatic heterocycles. The fraction of sp³-hybridized carbons (Fsp3) is 0.167. The van der Waals surface area contributed by atoms with Gasteiger partial charge < -0.3 is 14.6 Å². The molecule has 0 aliphatic carbocycles. The number of hydrogen-bond acceptors (Lipinski definition) is 3. The van der Waals surface area contributed by atoms with Crippen molar-refractivity contribution in [1.29, 1.82) is 0 Å². The quantitative estimate of drug-likeness (QED) is 0.825. The zero-order chi connectivity index (χ0) is 19.1. The number of ether oxygens (including phenoxy) is 2. The lowest BCUT2D eigenvalue weighted by Crippen LogP contribution is -2.40. The Bertz CT molecular complexity index is 906. The summed E-state index contributed by atoms with van der Waals surface area (Å²) in [5.41, 5.74) is 0.0922. The molecule has 8 heteroatoms. The lowest BCUT2D eigenvalue weighted by atomic mass is 9.95. The number of alkyl halides is 3. The largest absolute Gasteiger partial charge is 0.497 e. The SMILES string of the molecule is COc1cccc(-c2cc(Cl)cc3c2OC(C(F)(F)F)C(C(=O)O)=C3)c1. The summed E-state index contributed by atoms with van der Waals surface area (Å²) in [5.74, 6) is -1.29. The molecule has 1 heterocycles. The summed E-state index contributed by atoms with van der Waals surface area (Å²) in [7, 11) is 1.46. The minimum atomic E-state index is -4.88. The molecule has 4 nitrogen and oxygen atoms in total. The summed E-state index contributed by atoms with van der Waals surface area (Å²) in [5, 5.41) is 9.36. The highest BCUT2D eigenvalue weighted by molar-refractivity contribution is 6.31. The van der Waals surface area contributed by atoms with Crippen LogP contribution in [0.15, 0.2) is 42.0 Å². The molecule has 2 aromatic carbocycles. The van der Waals surface area contributed by atoms with Gasteiger partial charge in [-0.05, 0) is 35.9 Å². The standard InChI is InChI=1S/C18H12ClF3O4/c1-25-12-4-2-3-9(6-12)13-8-11(19)5-10-7-14(17(23)24)16(18(20,21)22)26-15(10)13/h2-8,16H,1H3,(H,23,24). The zero-order valence-corrected chi connectivity index (χ0v) is 14.1. The molecule has 2 aromatic rings. The second-order valence-corrected chi connectivity index (χ2v) is 5.98. The van der Waals surface area contributed by atoms with Gasteiger partial charge >= 0.3 is 12.1 Å². The van der Waals surface area contributed by atoms with Crippen LogP contribution < -0.4 is 9.47 Å². The van der Waals surface area contributed by atoms with Crippen LogP contribution in [0, 0.1) is 0 Å². The number of carbonyl (C=O) groups is 1. The van der Waals surface area contributed by atoms with Gasteiger partial charge in [0.05, 0.1) is 12.7 Å². The predicted molar refractivity (Wildman–Crippen MR) is 89.5 cm³/mol. The van der Waals surface area contributed by atoms with Crippen LogP contribution in [0.1, 0.15) is 5.56 Å². The van der Waals surface area contributed by atoms with Crippen LogP contribution in [0.4, 0.5) is 13.2 Å². The van der Waals surface area contributed by atoms with Crippen molar-refractivity contribution >= 4 is 23.6 Å². The van der Waals surface area contributed by atoms with E-state index in [4.69, 9.17) is 26.2 Å². The van der Waals surface area contributed by atoms with E-state index in [9.17, 15) is 18.0 Å². The van der Waals surface area contributed by atoms with Crippen LogP contribution in [0.25, 0.3) is 17.2 Å². The van der Waals surface area contributed by atoms with Gasteiger partial charge in [-0.1, -0.05) is 23.7 Å². The van der Waals surface area contributed by atoms with Crippen molar-refractivity contribution in [3.8, 4) is 22.6 Å². The van der Waals surface area contributed by atoms with Crippen molar-refractivity contribution in [3.05, 3.63) is 52.6 Å². The van der Waals surface area contributed by atoms with Crippen molar-refractivity contribution in [2.75, 3.05) is 7.11 Å². The number of fused-ring (bicyclic) bond motifs is 1. The highest BCUT2D eigenvalue weighted by atomic mass is 35.5. The van der Waals surface area contributed by atoms with E-state index in [2.05, 4.69) is 0 Å². The third-order valence-electron chi connectivity index (χ3n) is 3.84. The minimum absolute atomic E-state index is 0.0880. The average Bonchev–Trinajstić information content (AvgIpc) is 2.59. The lowest BCUT2D eigenvalue weighted by molar-refractivity contribution is -0.187. The number of carboxylic acids is 1. The molecule has 0 saturated heterocycles. The Hall–Kier alpha value is -2.67. The molecule has 0 saturated carbocycles. The molecular weight excluding hydrogens is 373 g/mol. The van der Waals surface area contributed by atoms with E-state index >= 15 is 0 Å². The average molecular weight is 385 g/mol. The van der Waals surface area contributed by atoms with Gasteiger partial charge in [-0.25, -0.2) is 4.79 Å². The predicted octanol–water partition coefficient (Wildman–Crippen LogP) is 4.81. The van der Waals surface area contributed by atoms with Gasteiger partial charge in [0.15, 0.2) is 0 Å². The van der Waals surface area contributed by atoms with Gasteiger partial charge in [0, 0.05) is 16.1 Å². The van der Waals surface area contributed by atoms with Crippen molar-refractivity contribution in [3.63, 3.8) is 0 Å². The van der Waals surface area contributed by atoms with Gasteiger partial charge in [-0.15, -0.1) is 0 Å². The second kappa shape index (κ2) is 6.57. The van der Waals surface area contributed by atoms with Gasteiger partial charge in [-0.3, -0.25) is 0 Å². The van der Waals surface area contributed by atoms with Crippen LogP contribution in [-0.4, -0.2) is 30.5 Å². The molecule has 0 bridgehead atoms. The van der Waals surface area contributed by atoms with E-state index < -0.39 is 23.8 Å². The monoisotopic (exact) mass is 384 g/mol. The molecule has 3 rings (SSSR count). The van der Waals surface area contributed by atoms with E-state index in [0.717, 1.165) is 6.08 Å². The third kappa shape index (κ3) is 3.35. The second-order valence-electron chi connectivity index (χ2n) is 5.55. The summed E-state index contributed by atoms with van der Waals surface area (Å²) in [6.45, 7) is 0. The van der Waals surface area contributed by atoms with Crippen molar-refractivity contribution < 1.29 is 32.5 Å². The summed E-state index contributed by atoms with van der Waals surface area (Å²) < 4.78 is 50.1. The Morgan fingerprint density at radius 2 is 2.00 bits per heavy atom. The topological polar surface area (TPSA) is 55.8 Å². The molecule has 0 radical (unpaired) electrons. The fourth-order valence-electron chi connectivity index (χ4n) is 2.70. The van der Waals surface area contributed by atoms with E-state index in [0.29, 0.717) is 16.9 Å². The number of methoxy groups -OCH3 is 1. The summed E-state index contributed by atoms with van der Waals surface area (Å²) >= 11 is 6.07. The molecule has 1 atom stereocenters. The minimum Gasteiger partial charge on any atom is -0.497 e. The van der Waals surface area contributed by atoms with Crippen LogP contribution in [0.2, 0.25) is 5.02 Å². The van der Waals surface area contributed by atoms with Crippen LogP contribution >= 0.6 is 11.6 Å². The first-order chi connectivity index (χ1) is 12.2. The molecule has 136 valence electrons. The Balaban J connectivity index is 2.22. The molecule has 1 unspecified atom stereocenters. The number of benzene rings is 2. The molecule has 1 N–H and O–H groups in total. The molecule has 1 aliphatic rings. The van der Waals surface area contributed by atoms with Gasteiger partial charge in [0.25, 0.3) is 0 Å². The van der Waals surface area contributed by atoms with E-state index in [1.807, 2.05) is 0 Å². The Kier molecular flexibility index (Phi) is 4.58. The van der Waals surface area contributed by atoms with Crippen molar-refractivity contribution in [2.45, 2.75) is 12.3 Å². The maximum absolute atomic E-state index is 13.3. The maximum Gasteiger partial charge on any atom is 0.430 e. The Morgan fingerprint density at radius 1 is 1.27 bits per heavy atom. The Labute approximate surface area is 151 Å². The molecule has 26 heavy (non-hydrogen) atoms. The highest BCUT2D eigenvalue weighted by Gasteiger charge is 2.48. The highest BCUT2D eigenvalue weighted by Crippen LogP contribution is 2.44.